The van der Waals surface area contributed by atoms with Crippen LogP contribution in [-0.2, 0) is 32.2 Å². The number of amides is 2. The van der Waals surface area contributed by atoms with Crippen molar-refractivity contribution in [3.8, 4) is 0 Å². The van der Waals surface area contributed by atoms with Crippen LogP contribution in [0.4, 0.5) is 18.0 Å². The van der Waals surface area contributed by atoms with Crippen molar-refractivity contribution in [2.24, 2.45) is 11.3 Å². The predicted molar refractivity (Wildman–Crippen MR) is 129 cm³/mol. The standard InChI is InChI=1S/C24H32F3N5O5S/c1-38(35,36)18-9-15(8-17(11-18)24(25,26)27)12-37-22(34)31-6-4-23(5-7-31)13-32(14-23)21(33)16-2-3-19-20(10-16)29-30-28-19/h8-9,11,16,19-20,28-30H,2-7,10,12-14H2,1H3. The molecule has 0 bridgehead atoms. The number of hydrogen-bond acceptors (Lipinski definition) is 8. The lowest BCUT2D eigenvalue weighted by atomic mass is 9.71. The van der Waals surface area contributed by atoms with Crippen LogP contribution in [0.3, 0.4) is 0 Å². The minimum atomic E-state index is -4.74. The molecule has 0 aromatic heterocycles. The van der Waals surface area contributed by atoms with Crippen LogP contribution in [0, 0.1) is 11.3 Å². The maximum Gasteiger partial charge on any atom is 0.416 e. The van der Waals surface area contributed by atoms with Crippen molar-refractivity contribution in [1.82, 2.24) is 26.2 Å². The Morgan fingerprint density at radius 3 is 2.39 bits per heavy atom. The van der Waals surface area contributed by atoms with Crippen molar-refractivity contribution < 1.29 is 35.9 Å². The number of benzene rings is 1. The van der Waals surface area contributed by atoms with E-state index in [1.807, 2.05) is 4.90 Å². The zero-order valence-electron chi connectivity index (χ0n) is 21.0. The number of likely N-dealkylation sites (tertiary alicyclic amines) is 2. The van der Waals surface area contributed by atoms with Gasteiger partial charge in [0.15, 0.2) is 9.84 Å². The van der Waals surface area contributed by atoms with Crippen LogP contribution in [0.25, 0.3) is 0 Å². The van der Waals surface area contributed by atoms with Gasteiger partial charge in [-0.3, -0.25) is 4.79 Å². The van der Waals surface area contributed by atoms with Gasteiger partial charge >= 0.3 is 12.3 Å². The molecule has 3 saturated heterocycles. The fourth-order valence-corrected chi connectivity index (χ4v) is 6.68. The first-order valence-corrected chi connectivity index (χ1v) is 14.6. The van der Waals surface area contributed by atoms with E-state index in [0.717, 1.165) is 37.7 Å². The average Bonchev–Trinajstić information content (AvgIpc) is 3.32. The minimum Gasteiger partial charge on any atom is -0.445 e. The molecule has 4 aliphatic rings. The molecule has 1 saturated carbocycles. The van der Waals surface area contributed by atoms with Gasteiger partial charge in [-0.05, 0) is 55.9 Å². The maximum atomic E-state index is 13.2. The van der Waals surface area contributed by atoms with Gasteiger partial charge in [0.25, 0.3) is 0 Å². The van der Waals surface area contributed by atoms with Crippen LogP contribution >= 0.6 is 0 Å². The molecule has 210 valence electrons. The summed E-state index contributed by atoms with van der Waals surface area (Å²) in [6, 6.07) is 3.04. The SMILES string of the molecule is CS(=O)(=O)c1cc(COC(=O)N2CCC3(CC2)CN(C(=O)C2CCC4NNNC4C2)C3)cc(C(F)(F)F)c1. The van der Waals surface area contributed by atoms with Gasteiger partial charge in [-0.1, -0.05) is 0 Å². The number of alkyl halides is 3. The lowest BCUT2D eigenvalue weighted by Crippen LogP contribution is -2.63. The number of nitrogens with one attached hydrogen (secondary N) is 3. The van der Waals surface area contributed by atoms with Crippen molar-refractivity contribution in [2.45, 2.75) is 61.9 Å². The van der Waals surface area contributed by atoms with Gasteiger partial charge in [0.1, 0.15) is 6.61 Å². The molecule has 3 unspecified atom stereocenters. The van der Waals surface area contributed by atoms with Crippen molar-refractivity contribution in [2.75, 3.05) is 32.4 Å². The molecule has 3 aliphatic heterocycles. The highest BCUT2D eigenvalue weighted by atomic mass is 32.2. The number of fused-ring (bicyclic) bond motifs is 1. The Labute approximate surface area is 219 Å². The molecular weight excluding hydrogens is 527 g/mol. The molecule has 5 rings (SSSR count). The number of carbonyl (C=O) groups excluding carboxylic acids is 2. The molecule has 3 N–H and O–H groups in total. The Hall–Kier alpha value is -2.42. The number of ether oxygens (including phenoxy) is 1. The molecule has 3 atom stereocenters. The van der Waals surface area contributed by atoms with Gasteiger partial charge in [-0.15, -0.1) is 0 Å². The summed E-state index contributed by atoms with van der Waals surface area (Å²) in [7, 11) is -3.89. The summed E-state index contributed by atoms with van der Waals surface area (Å²) < 4.78 is 68.6. The van der Waals surface area contributed by atoms with E-state index in [1.165, 1.54) is 4.90 Å². The summed E-state index contributed by atoms with van der Waals surface area (Å²) in [6.07, 6.45) is -0.567. The Morgan fingerprint density at radius 1 is 1.05 bits per heavy atom. The van der Waals surface area contributed by atoms with E-state index in [1.54, 1.807) is 0 Å². The Bertz CT molecular complexity index is 1190. The van der Waals surface area contributed by atoms with Gasteiger partial charge in [-0.2, -0.15) is 18.7 Å². The van der Waals surface area contributed by atoms with Gasteiger partial charge < -0.3 is 14.5 Å². The average molecular weight is 560 g/mol. The van der Waals surface area contributed by atoms with Crippen LogP contribution in [0.1, 0.15) is 43.2 Å². The van der Waals surface area contributed by atoms with E-state index in [-0.39, 0.29) is 28.8 Å². The summed E-state index contributed by atoms with van der Waals surface area (Å²) in [5, 5.41) is 0. The second-order valence-corrected chi connectivity index (χ2v) is 13.0. The quantitative estimate of drug-likeness (QED) is 0.511. The fraction of sp³-hybridized carbons (Fsp3) is 0.667. The van der Waals surface area contributed by atoms with Crippen molar-refractivity contribution >= 4 is 21.8 Å². The number of hydrogen-bond donors (Lipinski definition) is 3. The summed E-state index contributed by atoms with van der Waals surface area (Å²) in [5.41, 5.74) is 8.09. The number of carbonyl (C=O) groups is 2. The van der Waals surface area contributed by atoms with E-state index in [9.17, 15) is 31.2 Å². The van der Waals surface area contributed by atoms with Crippen LogP contribution in [0.15, 0.2) is 23.1 Å². The van der Waals surface area contributed by atoms with Crippen LogP contribution < -0.4 is 16.4 Å². The largest absolute Gasteiger partial charge is 0.445 e. The molecule has 38 heavy (non-hydrogen) atoms. The molecule has 2 amide bonds. The minimum absolute atomic E-state index is 0.0110. The van der Waals surface area contributed by atoms with Crippen LogP contribution in [-0.4, -0.2) is 74.7 Å². The molecule has 1 aromatic rings. The molecule has 14 heteroatoms. The third-order valence-corrected chi connectivity index (χ3v) is 9.34. The second-order valence-electron chi connectivity index (χ2n) is 11.0. The first-order chi connectivity index (χ1) is 17.8. The van der Waals surface area contributed by atoms with E-state index < -0.39 is 39.2 Å². The molecule has 10 nitrogen and oxygen atoms in total. The number of rotatable bonds is 4. The molecule has 1 aliphatic carbocycles. The normalized spacial score (nSPS) is 27.1. The smallest absolute Gasteiger partial charge is 0.416 e. The van der Waals surface area contributed by atoms with Gasteiger partial charge in [0.2, 0.25) is 5.91 Å². The summed E-state index contributed by atoms with van der Waals surface area (Å²) >= 11 is 0. The number of nitrogens with zero attached hydrogens (tertiary/aromatic N) is 2. The summed E-state index contributed by atoms with van der Waals surface area (Å²) in [6.45, 7) is 1.71. The number of hydrazine groups is 2. The zero-order chi connectivity index (χ0) is 27.3. The fourth-order valence-electron chi connectivity index (χ4n) is 5.97. The molecular formula is C24H32F3N5O5S. The maximum absolute atomic E-state index is 13.2. The third kappa shape index (κ3) is 5.63. The van der Waals surface area contributed by atoms with Crippen molar-refractivity contribution in [3.63, 3.8) is 0 Å². The Morgan fingerprint density at radius 2 is 1.74 bits per heavy atom. The summed E-state index contributed by atoms with van der Waals surface area (Å²) in [5.74, 6) is 0.205. The third-order valence-electron chi connectivity index (χ3n) is 8.25. The molecule has 1 aromatic carbocycles. The van der Waals surface area contributed by atoms with E-state index in [2.05, 4.69) is 16.4 Å². The van der Waals surface area contributed by atoms with Crippen LogP contribution in [0.2, 0.25) is 0 Å². The zero-order valence-corrected chi connectivity index (χ0v) is 21.8. The summed E-state index contributed by atoms with van der Waals surface area (Å²) in [4.78, 5) is 28.6. The monoisotopic (exact) mass is 559 g/mol. The van der Waals surface area contributed by atoms with Gasteiger partial charge in [0.05, 0.1) is 10.5 Å². The molecule has 3 heterocycles. The lowest BCUT2D eigenvalue weighted by molar-refractivity contribution is -0.152. The predicted octanol–water partition coefficient (Wildman–Crippen LogP) is 1.82. The van der Waals surface area contributed by atoms with E-state index in [4.69, 9.17) is 4.74 Å². The number of piperidine rings is 1. The van der Waals surface area contributed by atoms with E-state index >= 15 is 0 Å². The Balaban J connectivity index is 1.11. The van der Waals surface area contributed by atoms with Crippen molar-refractivity contribution in [1.29, 1.82) is 0 Å². The highest BCUT2D eigenvalue weighted by molar-refractivity contribution is 7.90. The van der Waals surface area contributed by atoms with Crippen LogP contribution in [0.5, 0.6) is 0 Å². The Kier molecular flexibility index (Phi) is 7.12. The molecule has 0 radical (unpaired) electrons. The topological polar surface area (TPSA) is 120 Å². The number of halogens is 3. The first kappa shape index (κ1) is 27.2. The highest BCUT2D eigenvalue weighted by Crippen LogP contribution is 2.42. The highest BCUT2D eigenvalue weighted by Gasteiger charge is 2.49. The number of sulfone groups is 1. The van der Waals surface area contributed by atoms with E-state index in [0.29, 0.717) is 51.1 Å². The van der Waals surface area contributed by atoms with Gasteiger partial charge in [0, 0.05) is 55.9 Å². The molecule has 1 spiro atoms. The van der Waals surface area contributed by atoms with Gasteiger partial charge in [-0.25, -0.2) is 24.1 Å². The first-order valence-electron chi connectivity index (χ1n) is 12.7. The molecule has 4 fully saturated rings. The van der Waals surface area contributed by atoms with Crippen molar-refractivity contribution in [3.05, 3.63) is 29.3 Å². The lowest BCUT2D eigenvalue weighted by Gasteiger charge is -2.54. The second kappa shape index (κ2) is 9.96.